The fourth-order valence-electron chi connectivity index (χ4n) is 3.91. The number of rotatable bonds is 2. The van der Waals surface area contributed by atoms with Crippen molar-refractivity contribution in [3.05, 3.63) is 34.7 Å². The number of aromatic nitrogens is 1. The Bertz CT molecular complexity index is 688. The first-order valence-electron chi connectivity index (χ1n) is 7.38. The third-order valence-electron chi connectivity index (χ3n) is 4.94. The monoisotopic (exact) mass is 306 g/mol. The van der Waals surface area contributed by atoms with Gasteiger partial charge in [0, 0.05) is 11.5 Å². The van der Waals surface area contributed by atoms with Crippen LogP contribution in [0.5, 0.6) is 0 Å². The maximum atomic E-state index is 14.3. The van der Waals surface area contributed by atoms with Gasteiger partial charge in [-0.3, -0.25) is 0 Å². The largest absolute Gasteiger partial charge is 0.367 e. The number of nitrogens with zero attached hydrogens (tertiary/aromatic N) is 1. The maximum Gasteiger partial charge on any atom is 0.230 e. The number of fused-ring (bicyclic) bond motifs is 1. The Labute approximate surface area is 127 Å². The fourth-order valence-corrected chi connectivity index (χ4v) is 4.08. The second kappa shape index (κ2) is 4.73. The van der Waals surface area contributed by atoms with E-state index >= 15 is 0 Å². The first-order valence-corrected chi connectivity index (χ1v) is 7.75. The van der Waals surface area contributed by atoms with E-state index in [0.717, 1.165) is 5.69 Å². The van der Waals surface area contributed by atoms with E-state index in [9.17, 15) is 4.39 Å². The van der Waals surface area contributed by atoms with E-state index in [1.807, 2.05) is 0 Å². The van der Waals surface area contributed by atoms with Crippen LogP contribution in [0, 0.1) is 17.7 Å². The van der Waals surface area contributed by atoms with Crippen molar-refractivity contribution in [3.8, 4) is 11.1 Å². The lowest BCUT2D eigenvalue weighted by Crippen LogP contribution is -1.94. The third-order valence-corrected chi connectivity index (χ3v) is 5.23. The SMILES string of the molecule is Nc1onc(C2C3CCCCC32)c1-c1cccc(Cl)c1F. The van der Waals surface area contributed by atoms with Gasteiger partial charge in [0.25, 0.3) is 0 Å². The van der Waals surface area contributed by atoms with Crippen molar-refractivity contribution < 1.29 is 8.91 Å². The topological polar surface area (TPSA) is 52.0 Å². The van der Waals surface area contributed by atoms with E-state index in [-0.39, 0.29) is 10.9 Å². The lowest BCUT2D eigenvalue weighted by atomic mass is 10.0. The number of hydrogen-bond donors (Lipinski definition) is 1. The quantitative estimate of drug-likeness (QED) is 0.880. The molecule has 0 saturated heterocycles. The lowest BCUT2D eigenvalue weighted by Gasteiger charge is -2.05. The Morgan fingerprint density at radius 2 is 1.95 bits per heavy atom. The molecule has 2 fully saturated rings. The second-order valence-electron chi connectivity index (χ2n) is 6.05. The van der Waals surface area contributed by atoms with Gasteiger partial charge >= 0.3 is 0 Å². The highest BCUT2D eigenvalue weighted by Gasteiger charge is 2.54. The molecule has 5 heteroatoms. The Hall–Kier alpha value is -1.55. The molecule has 1 aromatic heterocycles. The van der Waals surface area contributed by atoms with Crippen molar-refractivity contribution in [1.82, 2.24) is 5.16 Å². The van der Waals surface area contributed by atoms with Crippen LogP contribution in [0.3, 0.4) is 0 Å². The molecule has 110 valence electrons. The molecule has 2 N–H and O–H groups in total. The van der Waals surface area contributed by atoms with Crippen LogP contribution in [-0.2, 0) is 0 Å². The van der Waals surface area contributed by atoms with E-state index in [2.05, 4.69) is 5.16 Å². The van der Waals surface area contributed by atoms with E-state index in [1.165, 1.54) is 31.7 Å². The number of benzene rings is 1. The molecule has 2 unspecified atom stereocenters. The summed E-state index contributed by atoms with van der Waals surface area (Å²) in [5.74, 6) is 1.39. The van der Waals surface area contributed by atoms with Gasteiger partial charge in [0.2, 0.25) is 5.88 Å². The van der Waals surface area contributed by atoms with Crippen LogP contribution >= 0.6 is 11.6 Å². The minimum absolute atomic E-state index is 0.0901. The van der Waals surface area contributed by atoms with Crippen molar-refractivity contribution >= 4 is 17.5 Å². The first-order chi connectivity index (χ1) is 10.2. The van der Waals surface area contributed by atoms with Crippen LogP contribution in [-0.4, -0.2) is 5.16 Å². The van der Waals surface area contributed by atoms with Gasteiger partial charge in [-0.15, -0.1) is 0 Å². The molecule has 4 rings (SSSR count). The van der Waals surface area contributed by atoms with Crippen LogP contribution in [0.25, 0.3) is 11.1 Å². The Balaban J connectivity index is 1.80. The highest BCUT2D eigenvalue weighted by atomic mass is 35.5. The zero-order valence-corrected chi connectivity index (χ0v) is 12.2. The van der Waals surface area contributed by atoms with Gasteiger partial charge in [-0.1, -0.05) is 41.7 Å². The maximum absolute atomic E-state index is 14.3. The summed E-state index contributed by atoms with van der Waals surface area (Å²) in [7, 11) is 0. The molecule has 2 saturated carbocycles. The fraction of sp³-hybridized carbons (Fsp3) is 0.438. The van der Waals surface area contributed by atoms with Crippen molar-refractivity contribution in [2.24, 2.45) is 11.8 Å². The van der Waals surface area contributed by atoms with Crippen LogP contribution in [0.4, 0.5) is 10.3 Å². The average Bonchev–Trinajstić information content (AvgIpc) is 3.10. The van der Waals surface area contributed by atoms with Gasteiger partial charge in [-0.25, -0.2) is 4.39 Å². The molecule has 3 nitrogen and oxygen atoms in total. The van der Waals surface area contributed by atoms with E-state index in [0.29, 0.717) is 28.9 Å². The third kappa shape index (κ3) is 1.96. The summed E-state index contributed by atoms with van der Waals surface area (Å²) in [6.07, 6.45) is 4.98. The first kappa shape index (κ1) is 13.1. The van der Waals surface area contributed by atoms with Crippen molar-refractivity contribution in [3.63, 3.8) is 0 Å². The van der Waals surface area contributed by atoms with Gasteiger partial charge in [0.05, 0.1) is 16.3 Å². The summed E-state index contributed by atoms with van der Waals surface area (Å²) in [6, 6.07) is 4.93. The Morgan fingerprint density at radius 1 is 1.24 bits per heavy atom. The molecule has 0 aliphatic heterocycles. The molecule has 0 bridgehead atoms. The van der Waals surface area contributed by atoms with E-state index in [4.69, 9.17) is 21.9 Å². The molecule has 2 aliphatic rings. The molecule has 0 spiro atoms. The summed E-state index contributed by atoms with van der Waals surface area (Å²) >= 11 is 5.89. The molecular weight excluding hydrogens is 291 g/mol. The number of nitrogen functional groups attached to an aromatic ring is 1. The van der Waals surface area contributed by atoms with Crippen molar-refractivity contribution in [2.45, 2.75) is 31.6 Å². The van der Waals surface area contributed by atoms with Gasteiger partial charge in [0.15, 0.2) is 0 Å². The van der Waals surface area contributed by atoms with Crippen LogP contribution in [0.2, 0.25) is 5.02 Å². The number of halogens is 2. The van der Waals surface area contributed by atoms with Crippen molar-refractivity contribution in [2.75, 3.05) is 5.73 Å². The smallest absolute Gasteiger partial charge is 0.230 e. The Morgan fingerprint density at radius 3 is 2.67 bits per heavy atom. The minimum Gasteiger partial charge on any atom is -0.367 e. The van der Waals surface area contributed by atoms with E-state index < -0.39 is 5.82 Å². The normalized spacial score (nSPS) is 27.4. The van der Waals surface area contributed by atoms with Gasteiger partial charge in [-0.2, -0.15) is 0 Å². The highest BCUT2D eigenvalue weighted by molar-refractivity contribution is 6.31. The minimum atomic E-state index is -0.459. The molecule has 21 heavy (non-hydrogen) atoms. The molecule has 2 aromatic rings. The summed E-state index contributed by atoms with van der Waals surface area (Å²) < 4.78 is 19.5. The average molecular weight is 307 g/mol. The number of nitrogens with two attached hydrogens (primary N) is 1. The second-order valence-corrected chi connectivity index (χ2v) is 6.45. The van der Waals surface area contributed by atoms with Gasteiger partial charge in [0.1, 0.15) is 5.82 Å². The van der Waals surface area contributed by atoms with E-state index in [1.54, 1.807) is 12.1 Å². The molecule has 2 atom stereocenters. The highest BCUT2D eigenvalue weighted by Crippen LogP contribution is 2.62. The zero-order chi connectivity index (χ0) is 14.6. The van der Waals surface area contributed by atoms with Crippen LogP contribution in [0.1, 0.15) is 37.3 Å². The predicted molar refractivity (Wildman–Crippen MR) is 79.5 cm³/mol. The van der Waals surface area contributed by atoms with Gasteiger partial charge in [-0.05, 0) is 30.7 Å². The van der Waals surface area contributed by atoms with Gasteiger partial charge < -0.3 is 10.3 Å². The Kier molecular flexibility index (Phi) is 2.96. The summed E-state index contributed by atoms with van der Waals surface area (Å²) in [5.41, 5.74) is 7.70. The standard InChI is InChI=1S/C16H16ClFN2O/c17-11-7-3-6-10(14(11)18)13-15(20-21-16(13)19)12-8-4-1-2-5-9(8)12/h3,6-9,12H,1-2,4-5,19H2. The zero-order valence-electron chi connectivity index (χ0n) is 11.5. The molecule has 0 radical (unpaired) electrons. The summed E-state index contributed by atoms with van der Waals surface area (Å²) in [6.45, 7) is 0. The molecular formula is C16H16ClFN2O. The molecule has 1 aromatic carbocycles. The number of anilines is 1. The summed E-state index contributed by atoms with van der Waals surface area (Å²) in [5, 5.41) is 4.23. The summed E-state index contributed by atoms with van der Waals surface area (Å²) in [4.78, 5) is 0. The van der Waals surface area contributed by atoms with Crippen LogP contribution in [0.15, 0.2) is 22.7 Å². The predicted octanol–water partition coefficient (Wildman–Crippen LogP) is 4.62. The lowest BCUT2D eigenvalue weighted by molar-refractivity contribution is 0.426. The molecule has 1 heterocycles. The number of hydrogen-bond acceptors (Lipinski definition) is 3. The van der Waals surface area contributed by atoms with Crippen molar-refractivity contribution in [1.29, 1.82) is 0 Å². The molecule has 0 amide bonds. The van der Waals surface area contributed by atoms with Crippen LogP contribution < -0.4 is 5.73 Å². The molecule has 2 aliphatic carbocycles.